The van der Waals surface area contributed by atoms with Crippen LogP contribution in [0.2, 0.25) is 0 Å². The highest BCUT2D eigenvalue weighted by atomic mass is 16.5. The van der Waals surface area contributed by atoms with Gasteiger partial charge < -0.3 is 14.4 Å². The van der Waals surface area contributed by atoms with Crippen LogP contribution in [0, 0.1) is 6.92 Å². The van der Waals surface area contributed by atoms with Crippen molar-refractivity contribution in [1.82, 2.24) is 15.1 Å². The van der Waals surface area contributed by atoms with Gasteiger partial charge in [0.1, 0.15) is 5.75 Å². The van der Waals surface area contributed by atoms with E-state index in [-0.39, 0.29) is 18.1 Å². The topological polar surface area (TPSA) is 67.5 Å². The van der Waals surface area contributed by atoms with E-state index in [9.17, 15) is 4.79 Å². The van der Waals surface area contributed by atoms with Crippen molar-refractivity contribution in [3.8, 4) is 5.75 Å². The Kier molecular flexibility index (Phi) is 4.23. The lowest BCUT2D eigenvalue weighted by Gasteiger charge is -2.30. The van der Waals surface area contributed by atoms with Crippen LogP contribution in [-0.2, 0) is 24.1 Å². The van der Waals surface area contributed by atoms with Crippen molar-refractivity contribution >= 4 is 5.91 Å². The first-order valence-electron chi connectivity index (χ1n) is 9.16. The van der Waals surface area contributed by atoms with Crippen molar-refractivity contribution in [2.24, 2.45) is 0 Å². The molecule has 0 saturated carbocycles. The fourth-order valence-electron chi connectivity index (χ4n) is 4.10. The molecule has 2 aromatic rings. The summed E-state index contributed by atoms with van der Waals surface area (Å²) in [6, 6.07) is 4.23. The Morgan fingerprint density at radius 3 is 2.92 bits per heavy atom. The molecule has 4 rings (SSSR count). The number of aryl methyl sites for hydroxylation is 1. The van der Waals surface area contributed by atoms with E-state index < -0.39 is 0 Å². The number of aromatic amines is 1. The molecule has 2 aliphatic rings. The van der Waals surface area contributed by atoms with Crippen LogP contribution in [0.3, 0.4) is 0 Å². The number of nitrogens with one attached hydrogen (secondary N) is 1. The molecule has 0 radical (unpaired) electrons. The van der Waals surface area contributed by atoms with Gasteiger partial charge in [-0.2, -0.15) is 5.10 Å². The normalized spacial score (nSPS) is 21.9. The quantitative estimate of drug-likeness (QED) is 0.899. The summed E-state index contributed by atoms with van der Waals surface area (Å²) in [7, 11) is 1.69. The van der Waals surface area contributed by atoms with Crippen molar-refractivity contribution in [2.75, 3.05) is 13.7 Å². The molecule has 6 heteroatoms. The Morgan fingerprint density at radius 1 is 1.35 bits per heavy atom. The lowest BCUT2D eigenvalue weighted by atomic mass is 9.95. The molecule has 1 aromatic heterocycles. The summed E-state index contributed by atoms with van der Waals surface area (Å²) in [5.74, 6) is 0.913. The number of ether oxygens (including phenoxy) is 2. The molecule has 26 heavy (non-hydrogen) atoms. The van der Waals surface area contributed by atoms with Crippen LogP contribution in [0.25, 0.3) is 0 Å². The van der Waals surface area contributed by atoms with Crippen molar-refractivity contribution < 1.29 is 14.3 Å². The maximum absolute atomic E-state index is 13.1. The summed E-state index contributed by atoms with van der Waals surface area (Å²) in [4.78, 5) is 15.0. The van der Waals surface area contributed by atoms with Crippen LogP contribution in [0.1, 0.15) is 58.4 Å². The number of hydrogen-bond donors (Lipinski definition) is 1. The number of fused-ring (bicyclic) bond motifs is 2. The Hall–Kier alpha value is -2.34. The van der Waals surface area contributed by atoms with Crippen LogP contribution in [0.4, 0.5) is 0 Å². The molecule has 3 heterocycles. The van der Waals surface area contributed by atoms with E-state index in [2.05, 4.69) is 22.3 Å². The molecule has 2 aliphatic heterocycles. The van der Waals surface area contributed by atoms with Gasteiger partial charge in [0, 0.05) is 25.1 Å². The van der Waals surface area contributed by atoms with E-state index >= 15 is 0 Å². The average Bonchev–Trinajstić information content (AvgIpc) is 3.04. The van der Waals surface area contributed by atoms with Gasteiger partial charge in [-0.05, 0) is 49.9 Å². The number of methoxy groups -OCH3 is 1. The highest BCUT2D eigenvalue weighted by molar-refractivity contribution is 5.94. The molecule has 0 aliphatic carbocycles. The molecule has 0 bridgehead atoms. The number of benzene rings is 1. The summed E-state index contributed by atoms with van der Waals surface area (Å²) in [6.45, 7) is 7.37. The number of hydrogen-bond acceptors (Lipinski definition) is 4. The Labute approximate surface area is 153 Å². The van der Waals surface area contributed by atoms with Gasteiger partial charge in [-0.15, -0.1) is 0 Å². The summed E-state index contributed by atoms with van der Waals surface area (Å²) in [5.41, 5.74) is 6.05. The minimum Gasteiger partial charge on any atom is -0.496 e. The van der Waals surface area contributed by atoms with Crippen molar-refractivity contribution in [1.29, 1.82) is 0 Å². The average molecular weight is 355 g/mol. The molecule has 0 saturated heterocycles. The minimum atomic E-state index is -0.0556. The Balaban J connectivity index is 1.60. The zero-order chi connectivity index (χ0) is 18.4. The Bertz CT molecular complexity index is 858. The van der Waals surface area contributed by atoms with E-state index in [0.29, 0.717) is 18.8 Å². The first-order chi connectivity index (χ1) is 12.5. The van der Waals surface area contributed by atoms with E-state index in [4.69, 9.17) is 9.47 Å². The molecule has 1 N–H and O–H groups in total. The van der Waals surface area contributed by atoms with Crippen molar-refractivity contribution in [3.05, 3.63) is 45.8 Å². The fraction of sp³-hybridized carbons (Fsp3) is 0.500. The molecular formula is C20H25N3O3. The van der Waals surface area contributed by atoms with E-state index in [1.807, 2.05) is 25.7 Å². The van der Waals surface area contributed by atoms with Crippen LogP contribution in [-0.4, -0.2) is 40.8 Å². The second kappa shape index (κ2) is 6.43. The summed E-state index contributed by atoms with van der Waals surface area (Å²) >= 11 is 0. The van der Waals surface area contributed by atoms with E-state index in [0.717, 1.165) is 35.4 Å². The van der Waals surface area contributed by atoms with Gasteiger partial charge in [0.25, 0.3) is 5.91 Å². The molecule has 138 valence electrons. The minimum absolute atomic E-state index is 0.00270. The number of H-pyrrole nitrogens is 1. The standard InChI is InChI=1S/C20H25N3O3/c1-11-7-15-10-23(6-5-14(15)9-17(11)25-4)20(24)19-16-8-12(2)26-13(3)18(16)21-22-19/h7,9,12-13H,5-6,8,10H2,1-4H3,(H,21,22)/t12-,13+/m0/s1. The lowest BCUT2D eigenvalue weighted by Crippen LogP contribution is -2.37. The number of aromatic nitrogens is 2. The second-order valence-electron chi connectivity index (χ2n) is 7.32. The van der Waals surface area contributed by atoms with Gasteiger partial charge >= 0.3 is 0 Å². The highest BCUT2D eigenvalue weighted by Gasteiger charge is 2.32. The zero-order valence-electron chi connectivity index (χ0n) is 15.8. The maximum Gasteiger partial charge on any atom is 0.274 e. The zero-order valence-corrected chi connectivity index (χ0v) is 15.8. The van der Waals surface area contributed by atoms with Crippen LogP contribution in [0.15, 0.2) is 12.1 Å². The predicted octanol–water partition coefficient (Wildman–Crippen LogP) is 2.95. The van der Waals surface area contributed by atoms with Gasteiger partial charge in [-0.3, -0.25) is 9.89 Å². The molecule has 1 amide bonds. The maximum atomic E-state index is 13.1. The molecule has 0 fully saturated rings. The highest BCUT2D eigenvalue weighted by Crippen LogP contribution is 2.32. The number of nitrogens with zero attached hydrogens (tertiary/aromatic N) is 2. The van der Waals surface area contributed by atoms with Gasteiger partial charge in [0.2, 0.25) is 0 Å². The smallest absolute Gasteiger partial charge is 0.274 e. The number of amides is 1. The first-order valence-corrected chi connectivity index (χ1v) is 9.16. The lowest BCUT2D eigenvalue weighted by molar-refractivity contribution is -0.00702. The molecule has 2 atom stereocenters. The van der Waals surface area contributed by atoms with Crippen molar-refractivity contribution in [3.63, 3.8) is 0 Å². The summed E-state index contributed by atoms with van der Waals surface area (Å²) < 4.78 is 11.2. The van der Waals surface area contributed by atoms with Gasteiger partial charge in [-0.1, -0.05) is 6.07 Å². The third kappa shape index (κ3) is 2.78. The van der Waals surface area contributed by atoms with Gasteiger partial charge in [0.15, 0.2) is 5.69 Å². The Morgan fingerprint density at radius 2 is 2.15 bits per heavy atom. The van der Waals surface area contributed by atoms with Crippen LogP contribution >= 0.6 is 0 Å². The second-order valence-corrected chi connectivity index (χ2v) is 7.32. The number of carbonyl (C=O) groups excluding carboxylic acids is 1. The van der Waals surface area contributed by atoms with Crippen molar-refractivity contribution in [2.45, 2.75) is 52.4 Å². The number of rotatable bonds is 2. The molecule has 1 aromatic carbocycles. The monoisotopic (exact) mass is 355 g/mol. The summed E-state index contributed by atoms with van der Waals surface area (Å²) in [6.07, 6.45) is 1.59. The number of carbonyl (C=O) groups is 1. The molecule has 0 unspecified atom stereocenters. The van der Waals surface area contributed by atoms with E-state index in [1.54, 1.807) is 7.11 Å². The fourth-order valence-corrected chi connectivity index (χ4v) is 4.10. The van der Waals surface area contributed by atoms with Gasteiger partial charge in [0.05, 0.1) is 25.0 Å². The third-order valence-electron chi connectivity index (χ3n) is 5.45. The van der Waals surface area contributed by atoms with Crippen LogP contribution < -0.4 is 4.74 Å². The SMILES string of the molecule is COc1cc2c(cc1C)CN(C(=O)c1n[nH]c3c1C[C@H](C)O[C@@H]3C)CC2. The predicted molar refractivity (Wildman–Crippen MR) is 97.4 cm³/mol. The molecular weight excluding hydrogens is 330 g/mol. The summed E-state index contributed by atoms with van der Waals surface area (Å²) in [5, 5.41) is 7.36. The first kappa shape index (κ1) is 17.1. The van der Waals surface area contributed by atoms with E-state index in [1.165, 1.54) is 11.1 Å². The van der Waals surface area contributed by atoms with Gasteiger partial charge in [-0.25, -0.2) is 0 Å². The largest absolute Gasteiger partial charge is 0.496 e. The van der Waals surface area contributed by atoms with Crippen LogP contribution in [0.5, 0.6) is 5.75 Å². The molecule has 6 nitrogen and oxygen atoms in total. The third-order valence-corrected chi connectivity index (χ3v) is 5.45. The molecule has 0 spiro atoms.